The summed E-state index contributed by atoms with van der Waals surface area (Å²) in [5.41, 5.74) is 15.9. The molecule has 9 aromatic carbocycles. The van der Waals surface area contributed by atoms with Crippen LogP contribution in [-0.2, 0) is 19.3 Å². The molecule has 15 rings (SSSR count). The summed E-state index contributed by atoms with van der Waals surface area (Å²) in [5, 5.41) is 20.2. The summed E-state index contributed by atoms with van der Waals surface area (Å²) >= 11 is 0. The number of hydrogen-bond acceptors (Lipinski definition) is 3. The smallest absolute Gasteiger partial charge is 0.0721 e. The third-order valence-corrected chi connectivity index (χ3v) is 14.9. The van der Waals surface area contributed by atoms with Crippen LogP contribution in [0.5, 0.6) is 0 Å². The van der Waals surface area contributed by atoms with Gasteiger partial charge >= 0.3 is 0 Å². The van der Waals surface area contributed by atoms with Gasteiger partial charge in [-0.1, -0.05) is 157 Å². The van der Waals surface area contributed by atoms with E-state index >= 15 is 0 Å². The molecule has 12 aromatic rings. The number of hydrogen-bond donors (Lipinski definition) is 0. The number of nitrogens with zero attached hydrogens (tertiary/aromatic N) is 3. The molecule has 3 aliphatic carbocycles. The van der Waals surface area contributed by atoms with E-state index < -0.39 is 0 Å². The second kappa shape index (κ2) is 14.6. The zero-order valence-electron chi connectivity index (χ0n) is 38.6. The first-order valence-corrected chi connectivity index (χ1v) is 24.0. The summed E-state index contributed by atoms with van der Waals surface area (Å²) in [5.74, 6) is 1.54. The van der Waals surface area contributed by atoms with Crippen LogP contribution in [0.4, 0.5) is 0 Å². The normalized spacial score (nSPS) is 14.0. The van der Waals surface area contributed by atoms with Crippen LogP contribution in [0.25, 0.3) is 116 Å². The van der Waals surface area contributed by atoms with Crippen molar-refractivity contribution in [3.8, 4) is 0 Å². The summed E-state index contributed by atoms with van der Waals surface area (Å²) in [4.78, 5) is 14.6. The Morgan fingerprint density at radius 3 is 1.59 bits per heavy atom. The highest BCUT2D eigenvalue weighted by molar-refractivity contribution is 6.27. The summed E-state index contributed by atoms with van der Waals surface area (Å²) in [6, 6.07) is 35.9. The molecule has 3 aromatic heterocycles. The van der Waals surface area contributed by atoms with Gasteiger partial charge in [0.2, 0.25) is 0 Å². The van der Waals surface area contributed by atoms with Crippen LogP contribution in [0.15, 0.2) is 128 Å². The predicted octanol–water partition coefficient (Wildman–Crippen LogP) is 17.0. The Morgan fingerprint density at radius 2 is 0.924 bits per heavy atom. The number of allylic oxidation sites excluding steroid dienone is 3. The second-order valence-electron chi connectivity index (χ2n) is 19.9. The maximum atomic E-state index is 5.14. The molecule has 0 saturated heterocycles. The molecule has 3 heterocycles. The maximum absolute atomic E-state index is 5.14. The highest BCUT2D eigenvalue weighted by Gasteiger charge is 2.24. The van der Waals surface area contributed by atoms with Gasteiger partial charge in [-0.15, -0.1) is 0 Å². The van der Waals surface area contributed by atoms with Crippen molar-refractivity contribution in [3.05, 3.63) is 178 Å². The summed E-state index contributed by atoms with van der Waals surface area (Å²) in [6.07, 6.45) is 20.8. The predicted molar refractivity (Wildman–Crippen MR) is 284 cm³/mol. The fourth-order valence-corrected chi connectivity index (χ4v) is 11.9. The molecule has 0 radical (unpaired) electrons. The Morgan fingerprint density at radius 1 is 0.394 bits per heavy atom. The summed E-state index contributed by atoms with van der Waals surface area (Å²) in [6.45, 7) is 13.6. The first kappa shape index (κ1) is 39.2. The topological polar surface area (TPSA) is 38.7 Å². The lowest BCUT2D eigenvalue weighted by Gasteiger charge is -2.24. The Bertz CT molecular complexity index is 3980. The summed E-state index contributed by atoms with van der Waals surface area (Å²) in [7, 11) is 0. The molecule has 0 spiro atoms. The molecule has 0 N–H and O–H groups in total. The fraction of sp³-hybridized carbons (Fsp3) is 0.190. The summed E-state index contributed by atoms with van der Waals surface area (Å²) < 4.78 is 0. The van der Waals surface area contributed by atoms with E-state index in [0.717, 1.165) is 30.3 Å². The molecule has 0 atom stereocenters. The first-order chi connectivity index (χ1) is 32.2. The zero-order valence-corrected chi connectivity index (χ0v) is 38.6. The van der Waals surface area contributed by atoms with E-state index in [4.69, 9.17) is 9.97 Å². The Kier molecular flexibility index (Phi) is 8.69. The molecule has 318 valence electrons. The molecule has 0 aliphatic heterocycles. The Balaban J connectivity index is 0.0000000998. The van der Waals surface area contributed by atoms with Gasteiger partial charge in [-0.25, -0.2) is 0 Å². The van der Waals surface area contributed by atoms with Crippen molar-refractivity contribution in [1.29, 1.82) is 0 Å². The van der Waals surface area contributed by atoms with Crippen LogP contribution in [0, 0.1) is 0 Å². The third-order valence-electron chi connectivity index (χ3n) is 14.9. The Labute approximate surface area is 385 Å². The van der Waals surface area contributed by atoms with Gasteiger partial charge < -0.3 is 0 Å². The van der Waals surface area contributed by atoms with Gasteiger partial charge in [-0.2, -0.15) is 0 Å². The van der Waals surface area contributed by atoms with Gasteiger partial charge in [0.25, 0.3) is 0 Å². The van der Waals surface area contributed by atoms with Gasteiger partial charge in [-0.3, -0.25) is 15.0 Å². The van der Waals surface area contributed by atoms with Crippen molar-refractivity contribution in [2.45, 2.75) is 78.6 Å². The van der Waals surface area contributed by atoms with E-state index in [9.17, 15) is 0 Å². The zero-order chi connectivity index (χ0) is 44.5. The van der Waals surface area contributed by atoms with Crippen LogP contribution in [-0.4, -0.2) is 15.0 Å². The molecule has 3 aliphatic rings. The molecular weight excluding hydrogens is 799 g/mol. The SMILES string of the molecule is CC(C)c1cc2ccc3cccc4cnc(c1)c2c34.CC(C)c1cc2nc3c4c(ccc5cc6c(c1C=CC6)c2c54)C=CC3.CC(C)c1cc2ncc3cccc4cc5c(c1C=CC5)c2c34. The van der Waals surface area contributed by atoms with E-state index in [-0.39, 0.29) is 0 Å². The maximum Gasteiger partial charge on any atom is 0.0721 e. The van der Waals surface area contributed by atoms with Gasteiger partial charge in [-0.05, 0) is 126 Å². The van der Waals surface area contributed by atoms with Gasteiger partial charge in [0.05, 0.1) is 22.2 Å². The lowest BCUT2D eigenvalue weighted by molar-refractivity contribution is 0.866. The minimum atomic E-state index is 0.501. The van der Waals surface area contributed by atoms with E-state index in [1.807, 2.05) is 12.4 Å². The fourth-order valence-electron chi connectivity index (χ4n) is 11.9. The van der Waals surface area contributed by atoms with E-state index in [0.29, 0.717) is 17.8 Å². The minimum Gasteiger partial charge on any atom is -0.256 e. The van der Waals surface area contributed by atoms with E-state index in [1.165, 1.54) is 137 Å². The molecule has 0 bridgehead atoms. The number of rotatable bonds is 3. The second-order valence-corrected chi connectivity index (χ2v) is 19.9. The molecule has 3 nitrogen and oxygen atoms in total. The van der Waals surface area contributed by atoms with Crippen molar-refractivity contribution < 1.29 is 0 Å². The van der Waals surface area contributed by atoms with Crippen molar-refractivity contribution >= 4 is 116 Å². The minimum absolute atomic E-state index is 0.501. The van der Waals surface area contributed by atoms with Crippen LogP contribution in [0.1, 0.15) is 109 Å². The standard InChI is InChI=1S/C24H19N.C21H17N.C18H15N/c1-13(2)18-12-20-24-21-15(6-3-7-17(18)21)11-16-10-9-14-5-4-8-19(25-20)22(14)23(16)24;1-12(2)17-10-18-21-19-13(5-3-7-15(19)11-22-18)9-14-6-4-8-16(17)20(14)21;1-11(2)15-8-13-7-6-12-4-3-5-14-10-19-16(9-15)18(13)17(12)14/h3-5,7,9-13H,6,8H2,1-2H3;3-5,7-12H,6H2,1-2H3;3-11H,1-2H3. The van der Waals surface area contributed by atoms with Crippen molar-refractivity contribution in [2.75, 3.05) is 0 Å². The van der Waals surface area contributed by atoms with Crippen LogP contribution < -0.4 is 0 Å². The highest BCUT2D eigenvalue weighted by atomic mass is 14.7. The number of benzene rings is 9. The highest BCUT2D eigenvalue weighted by Crippen LogP contribution is 2.46. The number of aromatic nitrogens is 3. The van der Waals surface area contributed by atoms with Crippen molar-refractivity contribution in [3.63, 3.8) is 0 Å². The monoisotopic (exact) mass is 849 g/mol. The third kappa shape index (κ3) is 5.78. The quantitative estimate of drug-likeness (QED) is 0.166. The molecule has 0 unspecified atom stereocenters. The van der Waals surface area contributed by atoms with Crippen molar-refractivity contribution in [1.82, 2.24) is 15.0 Å². The molecular formula is C63H51N3. The molecule has 0 amide bonds. The lowest BCUT2D eigenvalue weighted by Crippen LogP contribution is -2.05. The van der Waals surface area contributed by atoms with Crippen LogP contribution >= 0.6 is 0 Å². The molecule has 0 saturated carbocycles. The average Bonchev–Trinajstić information content (AvgIpc) is 3.34. The largest absolute Gasteiger partial charge is 0.256 e. The van der Waals surface area contributed by atoms with Gasteiger partial charge in [0.15, 0.2) is 0 Å². The number of pyridine rings is 3. The van der Waals surface area contributed by atoms with Gasteiger partial charge in [0, 0.05) is 67.3 Å². The van der Waals surface area contributed by atoms with E-state index in [2.05, 4.69) is 180 Å². The lowest BCUT2D eigenvalue weighted by atomic mass is 9.81. The van der Waals surface area contributed by atoms with Crippen LogP contribution in [0.3, 0.4) is 0 Å². The van der Waals surface area contributed by atoms with Crippen molar-refractivity contribution in [2.24, 2.45) is 0 Å². The Hall–Kier alpha value is -7.23. The molecule has 0 fully saturated rings. The van der Waals surface area contributed by atoms with Crippen LogP contribution in [0.2, 0.25) is 0 Å². The molecule has 3 heteroatoms. The van der Waals surface area contributed by atoms with Gasteiger partial charge in [0.1, 0.15) is 0 Å². The molecule has 66 heavy (non-hydrogen) atoms. The average molecular weight is 850 g/mol. The first-order valence-electron chi connectivity index (χ1n) is 24.0. The van der Waals surface area contributed by atoms with E-state index in [1.54, 1.807) is 0 Å².